The van der Waals surface area contributed by atoms with E-state index in [9.17, 15) is 0 Å². The Bertz CT molecular complexity index is 1720. The van der Waals surface area contributed by atoms with Crippen molar-refractivity contribution >= 4 is 50.6 Å². The van der Waals surface area contributed by atoms with Gasteiger partial charge in [-0.25, -0.2) is 9.97 Å². The first-order valence-corrected chi connectivity index (χ1v) is 11.9. The van der Waals surface area contributed by atoms with E-state index in [2.05, 4.69) is 57.6 Å². The summed E-state index contributed by atoms with van der Waals surface area (Å²) in [4.78, 5) is 28.1. The van der Waals surface area contributed by atoms with E-state index < -0.39 is 0 Å². The number of pyridine rings is 4. The summed E-state index contributed by atoms with van der Waals surface area (Å²) in [6.45, 7) is 1.95. The van der Waals surface area contributed by atoms with Gasteiger partial charge in [-0.05, 0) is 67.6 Å². The molecule has 0 saturated carbocycles. The van der Waals surface area contributed by atoms with Crippen molar-refractivity contribution in [2.45, 2.75) is 6.92 Å². The zero-order chi connectivity index (χ0) is 25.4. The predicted molar refractivity (Wildman–Crippen MR) is 149 cm³/mol. The number of imidazole rings is 1. The summed E-state index contributed by atoms with van der Waals surface area (Å²) in [5.74, 6) is 1.38. The average Bonchev–Trinajstić information content (AvgIpc) is 3.32. The maximum atomic E-state index is 4.67. The number of benzene rings is 1. The van der Waals surface area contributed by atoms with Crippen molar-refractivity contribution < 1.29 is 0 Å². The third-order valence-electron chi connectivity index (χ3n) is 6.04. The van der Waals surface area contributed by atoms with Crippen molar-refractivity contribution in [3.63, 3.8) is 0 Å². The summed E-state index contributed by atoms with van der Waals surface area (Å²) in [7, 11) is 4.06. The molecule has 0 fully saturated rings. The van der Waals surface area contributed by atoms with Gasteiger partial charge < -0.3 is 20.5 Å². The lowest BCUT2D eigenvalue weighted by Gasteiger charge is -2.15. The van der Waals surface area contributed by atoms with Gasteiger partial charge in [0.2, 0.25) is 0 Å². The zero-order valence-electron chi connectivity index (χ0n) is 20.7. The van der Waals surface area contributed by atoms with Gasteiger partial charge in [-0.1, -0.05) is 0 Å². The number of fused-ring (bicyclic) bond motifs is 2. The van der Waals surface area contributed by atoms with E-state index >= 15 is 0 Å². The average molecular weight is 488 g/mol. The second-order valence-electron chi connectivity index (χ2n) is 8.98. The summed E-state index contributed by atoms with van der Waals surface area (Å²) in [6.07, 6.45) is 5.38. The predicted octanol–water partition coefficient (Wildman–Crippen LogP) is 5.82. The first-order valence-electron chi connectivity index (χ1n) is 11.9. The Hall–Kier alpha value is -5.05. The summed E-state index contributed by atoms with van der Waals surface area (Å²) in [6, 6.07) is 19.9. The number of aromatic nitrogens is 6. The van der Waals surface area contributed by atoms with E-state index in [1.807, 2.05) is 75.7 Å². The summed E-state index contributed by atoms with van der Waals surface area (Å²) in [5.41, 5.74) is 7.96. The van der Waals surface area contributed by atoms with Crippen LogP contribution in [0.2, 0.25) is 0 Å². The summed E-state index contributed by atoms with van der Waals surface area (Å²) < 4.78 is 0. The number of nitrogens with one attached hydrogen (secondary N) is 3. The Morgan fingerprint density at radius 1 is 0.784 bits per heavy atom. The Kier molecular flexibility index (Phi) is 5.57. The van der Waals surface area contributed by atoms with Crippen LogP contribution in [-0.4, -0.2) is 44.0 Å². The molecule has 5 aromatic heterocycles. The maximum absolute atomic E-state index is 4.67. The van der Waals surface area contributed by atoms with E-state index in [1.54, 1.807) is 12.4 Å². The highest BCUT2D eigenvalue weighted by Crippen LogP contribution is 2.29. The van der Waals surface area contributed by atoms with E-state index in [0.717, 1.165) is 50.6 Å². The Morgan fingerprint density at radius 3 is 2.49 bits per heavy atom. The molecule has 3 N–H and O–H groups in total. The van der Waals surface area contributed by atoms with Crippen molar-refractivity contribution in [2.24, 2.45) is 0 Å². The van der Waals surface area contributed by atoms with Gasteiger partial charge >= 0.3 is 0 Å². The molecule has 0 radical (unpaired) electrons. The van der Waals surface area contributed by atoms with Crippen LogP contribution in [-0.2, 0) is 0 Å². The van der Waals surface area contributed by atoms with Gasteiger partial charge in [0, 0.05) is 54.6 Å². The van der Waals surface area contributed by atoms with E-state index in [0.29, 0.717) is 17.3 Å². The van der Waals surface area contributed by atoms with E-state index in [4.69, 9.17) is 0 Å². The zero-order valence-corrected chi connectivity index (χ0v) is 20.7. The van der Waals surface area contributed by atoms with Crippen molar-refractivity contribution in [2.75, 3.05) is 29.6 Å². The van der Waals surface area contributed by atoms with Gasteiger partial charge in [-0.15, -0.1) is 0 Å². The first kappa shape index (κ1) is 22.4. The molecule has 0 saturated heterocycles. The molecule has 0 atom stereocenters. The molecule has 5 heterocycles. The third-order valence-corrected chi connectivity index (χ3v) is 6.04. The van der Waals surface area contributed by atoms with Crippen LogP contribution in [0.4, 0.5) is 28.6 Å². The third kappa shape index (κ3) is 4.62. The van der Waals surface area contributed by atoms with Crippen LogP contribution in [0.1, 0.15) is 5.69 Å². The standard InChI is InChI=1S/C28H25N9/c1-17-14-18(10-12-29-17)33-26-9-8-25-28(35-26)36-27(34-25)24-6-4-19(16-31-24)32-23-11-13-30-22-7-5-20(37(2)3)15-21(22)23/h4-16H,1-3H3,(H,30,32)(H2,29,33,34,35,36). The first-order chi connectivity index (χ1) is 18.0. The van der Waals surface area contributed by atoms with Gasteiger partial charge in [-0.2, -0.15) is 0 Å². The normalized spacial score (nSPS) is 11.1. The Labute approximate surface area is 213 Å². The minimum atomic E-state index is 0.620. The Balaban J connectivity index is 1.24. The fourth-order valence-corrected chi connectivity index (χ4v) is 4.14. The lowest BCUT2D eigenvalue weighted by Crippen LogP contribution is -2.08. The van der Waals surface area contributed by atoms with E-state index in [-0.39, 0.29) is 0 Å². The second kappa shape index (κ2) is 9.19. The molecule has 182 valence electrons. The van der Waals surface area contributed by atoms with Crippen molar-refractivity contribution in [3.8, 4) is 11.5 Å². The fourth-order valence-electron chi connectivity index (χ4n) is 4.14. The van der Waals surface area contributed by atoms with Crippen LogP contribution in [0.15, 0.2) is 79.3 Å². The van der Waals surface area contributed by atoms with Gasteiger partial charge in [0.05, 0.1) is 22.9 Å². The number of hydrogen-bond acceptors (Lipinski definition) is 8. The molecular formula is C28H25N9. The van der Waals surface area contributed by atoms with Crippen LogP contribution in [0.5, 0.6) is 0 Å². The minimum Gasteiger partial charge on any atom is -0.378 e. The van der Waals surface area contributed by atoms with Crippen LogP contribution in [0, 0.1) is 6.92 Å². The molecule has 0 bridgehead atoms. The van der Waals surface area contributed by atoms with Crippen LogP contribution in [0.25, 0.3) is 33.6 Å². The smallest absolute Gasteiger partial charge is 0.180 e. The monoisotopic (exact) mass is 487 g/mol. The maximum Gasteiger partial charge on any atom is 0.180 e. The van der Waals surface area contributed by atoms with Crippen LogP contribution < -0.4 is 15.5 Å². The molecule has 0 aliphatic carbocycles. The largest absolute Gasteiger partial charge is 0.378 e. The van der Waals surface area contributed by atoms with Crippen LogP contribution in [0.3, 0.4) is 0 Å². The fraction of sp³-hybridized carbons (Fsp3) is 0.107. The molecule has 0 aliphatic heterocycles. The molecule has 9 nitrogen and oxygen atoms in total. The van der Waals surface area contributed by atoms with Crippen molar-refractivity contribution in [3.05, 3.63) is 84.9 Å². The number of H-pyrrole nitrogens is 1. The summed E-state index contributed by atoms with van der Waals surface area (Å²) >= 11 is 0. The number of rotatable bonds is 6. The number of aromatic amines is 1. The lowest BCUT2D eigenvalue weighted by molar-refractivity contribution is 1.13. The Morgan fingerprint density at radius 2 is 1.68 bits per heavy atom. The minimum absolute atomic E-state index is 0.620. The number of hydrogen-bond donors (Lipinski definition) is 3. The number of anilines is 5. The summed E-state index contributed by atoms with van der Waals surface area (Å²) in [5, 5.41) is 7.83. The number of aryl methyl sites for hydroxylation is 1. The highest BCUT2D eigenvalue weighted by Gasteiger charge is 2.10. The SMILES string of the molecule is Cc1cc(Nc2ccc3[nH]c(-c4ccc(Nc5ccnc6ccc(N(C)C)cc56)cn4)nc3n2)ccn1. The number of nitrogens with zero attached hydrogens (tertiary/aromatic N) is 6. The van der Waals surface area contributed by atoms with Gasteiger partial charge in [0.1, 0.15) is 11.5 Å². The topological polar surface area (TPSA) is 108 Å². The highest BCUT2D eigenvalue weighted by molar-refractivity contribution is 5.95. The molecule has 0 aliphatic rings. The van der Waals surface area contributed by atoms with Crippen LogP contribution >= 0.6 is 0 Å². The van der Waals surface area contributed by atoms with Gasteiger partial charge in [0.25, 0.3) is 0 Å². The van der Waals surface area contributed by atoms with Gasteiger partial charge in [-0.3, -0.25) is 15.0 Å². The molecule has 9 heteroatoms. The molecule has 0 unspecified atom stereocenters. The highest BCUT2D eigenvalue weighted by atomic mass is 15.1. The molecule has 6 aromatic rings. The molecule has 1 aromatic carbocycles. The van der Waals surface area contributed by atoms with Crippen molar-refractivity contribution in [1.82, 2.24) is 29.9 Å². The van der Waals surface area contributed by atoms with Crippen molar-refractivity contribution in [1.29, 1.82) is 0 Å². The molecule has 6 rings (SSSR count). The van der Waals surface area contributed by atoms with Gasteiger partial charge in [0.15, 0.2) is 11.5 Å². The molecule has 37 heavy (non-hydrogen) atoms. The van der Waals surface area contributed by atoms with E-state index in [1.165, 1.54) is 0 Å². The lowest BCUT2D eigenvalue weighted by atomic mass is 10.1. The quantitative estimate of drug-likeness (QED) is 0.270. The second-order valence-corrected chi connectivity index (χ2v) is 8.98. The molecule has 0 amide bonds. The molecule has 0 spiro atoms. The molecular weight excluding hydrogens is 462 g/mol.